The van der Waals surface area contributed by atoms with E-state index in [1.807, 2.05) is 43.3 Å². The summed E-state index contributed by atoms with van der Waals surface area (Å²) in [6.45, 7) is 1.95. The van der Waals surface area contributed by atoms with Gasteiger partial charge in [-0.25, -0.2) is 4.79 Å². The summed E-state index contributed by atoms with van der Waals surface area (Å²) in [7, 11) is 0. The monoisotopic (exact) mass is 295 g/mol. The number of aryl methyl sites for hydroxylation is 1. The predicted molar refractivity (Wildman–Crippen MR) is 87.9 cm³/mol. The molecule has 0 atom stereocenters. The van der Waals surface area contributed by atoms with Gasteiger partial charge in [0.2, 0.25) is 0 Å². The number of aliphatic hydroxyl groups is 1. The van der Waals surface area contributed by atoms with Gasteiger partial charge in [-0.2, -0.15) is 0 Å². The van der Waals surface area contributed by atoms with Crippen LogP contribution in [0.2, 0.25) is 0 Å². The molecule has 22 heavy (non-hydrogen) atoms. The van der Waals surface area contributed by atoms with Crippen molar-refractivity contribution in [1.82, 2.24) is 0 Å². The summed E-state index contributed by atoms with van der Waals surface area (Å²) in [5.74, 6) is 0. The van der Waals surface area contributed by atoms with E-state index in [-0.39, 0.29) is 12.2 Å². The van der Waals surface area contributed by atoms with Crippen LogP contribution in [0.1, 0.15) is 11.1 Å². The molecule has 2 aromatic carbocycles. The van der Waals surface area contributed by atoms with E-state index in [2.05, 4.69) is 0 Å². The molecule has 4 nitrogen and oxygen atoms in total. The second-order valence-electron chi connectivity index (χ2n) is 5.35. The van der Waals surface area contributed by atoms with Crippen LogP contribution in [-0.4, -0.2) is 11.7 Å². The van der Waals surface area contributed by atoms with Gasteiger partial charge in [0.15, 0.2) is 0 Å². The summed E-state index contributed by atoms with van der Waals surface area (Å²) in [5.41, 5.74) is 10.5. The third-order valence-corrected chi connectivity index (χ3v) is 3.81. The van der Waals surface area contributed by atoms with E-state index in [1.54, 1.807) is 0 Å². The second kappa shape index (κ2) is 5.66. The highest BCUT2D eigenvalue weighted by Gasteiger charge is 2.07. The molecule has 3 N–H and O–H groups in total. The number of nitrogens with two attached hydrogens (primary N) is 1. The fraction of sp³-hybridized carbons (Fsp3) is 0.167. The van der Waals surface area contributed by atoms with Crippen LogP contribution in [0, 0.1) is 6.92 Å². The zero-order chi connectivity index (χ0) is 15.7. The van der Waals surface area contributed by atoms with E-state index in [1.165, 1.54) is 6.07 Å². The fourth-order valence-corrected chi connectivity index (χ4v) is 2.63. The minimum Gasteiger partial charge on any atom is -0.423 e. The molecule has 0 aliphatic rings. The Kier molecular flexibility index (Phi) is 3.69. The molecule has 0 radical (unpaired) electrons. The van der Waals surface area contributed by atoms with Gasteiger partial charge in [0.1, 0.15) is 5.58 Å². The molecule has 3 rings (SSSR count). The normalized spacial score (nSPS) is 11.0. The standard InChI is InChI=1S/C18H17NO3/c1-11-8-18(21)22-17-10-13(2-4-15(11)17)12-3-5-16(19)14(9-12)6-7-20/h2-5,8-10,20H,6-7,19H2,1H3. The molecule has 0 unspecified atom stereocenters. The Hall–Kier alpha value is -2.59. The van der Waals surface area contributed by atoms with Gasteiger partial charge in [-0.3, -0.25) is 0 Å². The van der Waals surface area contributed by atoms with Gasteiger partial charge in [-0.05, 0) is 53.8 Å². The van der Waals surface area contributed by atoms with E-state index in [4.69, 9.17) is 15.3 Å². The summed E-state index contributed by atoms with van der Waals surface area (Å²) in [5, 5.41) is 10.0. The number of nitrogen functional groups attached to an aromatic ring is 1. The quantitative estimate of drug-likeness (QED) is 0.575. The van der Waals surface area contributed by atoms with Crippen molar-refractivity contribution < 1.29 is 9.52 Å². The van der Waals surface area contributed by atoms with Crippen LogP contribution in [0.4, 0.5) is 5.69 Å². The smallest absolute Gasteiger partial charge is 0.336 e. The average Bonchev–Trinajstić information content (AvgIpc) is 2.49. The van der Waals surface area contributed by atoms with Crippen LogP contribution in [-0.2, 0) is 6.42 Å². The maximum absolute atomic E-state index is 11.5. The Morgan fingerprint density at radius 1 is 1.09 bits per heavy atom. The lowest BCUT2D eigenvalue weighted by Crippen LogP contribution is -1.99. The number of fused-ring (bicyclic) bond motifs is 1. The van der Waals surface area contributed by atoms with Crippen LogP contribution < -0.4 is 11.4 Å². The molecule has 0 bridgehead atoms. The van der Waals surface area contributed by atoms with E-state index < -0.39 is 0 Å². The molecule has 0 amide bonds. The molecule has 0 aliphatic carbocycles. The number of aliphatic hydroxyl groups excluding tert-OH is 1. The fourth-order valence-electron chi connectivity index (χ4n) is 2.63. The number of hydrogen-bond acceptors (Lipinski definition) is 4. The molecular weight excluding hydrogens is 278 g/mol. The first-order valence-corrected chi connectivity index (χ1v) is 7.12. The van der Waals surface area contributed by atoms with Crippen molar-refractivity contribution >= 4 is 16.7 Å². The first-order valence-electron chi connectivity index (χ1n) is 7.12. The van der Waals surface area contributed by atoms with Gasteiger partial charge in [0.05, 0.1) is 0 Å². The minimum atomic E-state index is -0.347. The maximum atomic E-state index is 11.5. The van der Waals surface area contributed by atoms with Gasteiger partial charge in [0, 0.05) is 23.7 Å². The van der Waals surface area contributed by atoms with Crippen LogP contribution in [0.3, 0.4) is 0 Å². The first-order chi connectivity index (χ1) is 10.6. The average molecular weight is 295 g/mol. The highest BCUT2D eigenvalue weighted by molar-refractivity contribution is 5.85. The lowest BCUT2D eigenvalue weighted by atomic mass is 9.99. The molecule has 0 fully saturated rings. The van der Waals surface area contributed by atoms with Crippen LogP contribution in [0.25, 0.3) is 22.1 Å². The summed E-state index contributed by atoms with van der Waals surface area (Å²) in [6.07, 6.45) is 0.515. The summed E-state index contributed by atoms with van der Waals surface area (Å²) in [6, 6.07) is 13.0. The Balaban J connectivity index is 2.14. The molecule has 3 aromatic rings. The van der Waals surface area contributed by atoms with E-state index in [0.717, 1.165) is 27.6 Å². The van der Waals surface area contributed by atoms with Crippen molar-refractivity contribution in [3.05, 3.63) is 64.0 Å². The van der Waals surface area contributed by atoms with E-state index in [9.17, 15) is 4.79 Å². The van der Waals surface area contributed by atoms with Crippen LogP contribution in [0.5, 0.6) is 0 Å². The summed E-state index contributed by atoms with van der Waals surface area (Å²) < 4.78 is 5.29. The molecule has 112 valence electrons. The molecule has 1 heterocycles. The number of rotatable bonds is 3. The Labute approximate surface area is 127 Å². The lowest BCUT2D eigenvalue weighted by Gasteiger charge is -2.09. The number of benzene rings is 2. The molecule has 0 saturated heterocycles. The number of hydrogen-bond donors (Lipinski definition) is 2. The van der Waals surface area contributed by atoms with Crippen molar-refractivity contribution in [3.63, 3.8) is 0 Å². The number of anilines is 1. The van der Waals surface area contributed by atoms with Gasteiger partial charge < -0.3 is 15.3 Å². The van der Waals surface area contributed by atoms with Gasteiger partial charge in [-0.15, -0.1) is 0 Å². The highest BCUT2D eigenvalue weighted by atomic mass is 16.4. The Morgan fingerprint density at radius 3 is 2.59 bits per heavy atom. The third-order valence-electron chi connectivity index (χ3n) is 3.81. The van der Waals surface area contributed by atoms with Gasteiger partial charge in [0.25, 0.3) is 0 Å². The largest absolute Gasteiger partial charge is 0.423 e. The third kappa shape index (κ3) is 2.61. The SMILES string of the molecule is Cc1cc(=O)oc2cc(-c3ccc(N)c(CCO)c3)ccc12. The Morgan fingerprint density at radius 2 is 1.82 bits per heavy atom. The zero-order valence-electron chi connectivity index (χ0n) is 12.3. The second-order valence-corrected chi connectivity index (χ2v) is 5.35. The van der Waals surface area contributed by atoms with E-state index in [0.29, 0.717) is 17.7 Å². The molecule has 0 aliphatic heterocycles. The first kappa shape index (κ1) is 14.4. The summed E-state index contributed by atoms with van der Waals surface area (Å²) in [4.78, 5) is 11.5. The van der Waals surface area contributed by atoms with Crippen LogP contribution in [0.15, 0.2) is 51.7 Å². The maximum Gasteiger partial charge on any atom is 0.336 e. The molecule has 0 saturated carbocycles. The minimum absolute atomic E-state index is 0.0550. The zero-order valence-corrected chi connectivity index (χ0v) is 12.3. The van der Waals surface area contributed by atoms with Crippen molar-refractivity contribution in [1.29, 1.82) is 0 Å². The van der Waals surface area contributed by atoms with Gasteiger partial charge >= 0.3 is 5.63 Å². The van der Waals surface area contributed by atoms with Crippen LogP contribution >= 0.6 is 0 Å². The topological polar surface area (TPSA) is 76.5 Å². The predicted octanol–water partition coefficient (Wildman–Crippen LogP) is 2.89. The molecular formula is C18H17NO3. The molecule has 1 aromatic heterocycles. The molecule has 4 heteroatoms. The highest BCUT2D eigenvalue weighted by Crippen LogP contribution is 2.27. The van der Waals surface area contributed by atoms with Gasteiger partial charge in [-0.1, -0.05) is 18.2 Å². The van der Waals surface area contributed by atoms with E-state index >= 15 is 0 Å². The van der Waals surface area contributed by atoms with Crippen molar-refractivity contribution in [3.8, 4) is 11.1 Å². The summed E-state index contributed by atoms with van der Waals surface area (Å²) >= 11 is 0. The molecule has 0 spiro atoms. The van der Waals surface area contributed by atoms with Crippen molar-refractivity contribution in [2.75, 3.05) is 12.3 Å². The van der Waals surface area contributed by atoms with Crippen molar-refractivity contribution in [2.24, 2.45) is 0 Å². The Bertz CT molecular complexity index is 896. The van der Waals surface area contributed by atoms with Crippen molar-refractivity contribution in [2.45, 2.75) is 13.3 Å². The lowest BCUT2D eigenvalue weighted by molar-refractivity contribution is 0.300.